The van der Waals surface area contributed by atoms with Gasteiger partial charge in [-0.25, -0.2) is 4.98 Å². The van der Waals surface area contributed by atoms with Gasteiger partial charge in [0.1, 0.15) is 23.1 Å². The lowest BCUT2D eigenvalue weighted by molar-refractivity contribution is -0.134. The Labute approximate surface area is 209 Å². The molecular formula is C28H29N3O3S. The van der Waals surface area contributed by atoms with Gasteiger partial charge in [0, 0.05) is 24.4 Å². The van der Waals surface area contributed by atoms with Gasteiger partial charge in [0.25, 0.3) is 5.91 Å². The van der Waals surface area contributed by atoms with Crippen molar-refractivity contribution in [3.8, 4) is 5.75 Å². The van der Waals surface area contributed by atoms with Crippen LogP contribution in [0.25, 0.3) is 0 Å². The SMILES string of the molecule is C=CCNC(=O)c1csc(COc2ccc3c(c2)C(c2cccc(C)c2)N(C(=O)C2CC2)CC3)n1. The molecule has 0 bridgehead atoms. The van der Waals surface area contributed by atoms with Gasteiger partial charge in [0.2, 0.25) is 5.91 Å². The van der Waals surface area contributed by atoms with Gasteiger partial charge < -0.3 is 15.0 Å². The molecule has 2 amide bonds. The fourth-order valence-electron chi connectivity index (χ4n) is 4.57. The lowest BCUT2D eigenvalue weighted by atomic mass is 9.87. The maximum atomic E-state index is 13.2. The van der Waals surface area contributed by atoms with E-state index in [1.54, 1.807) is 11.5 Å². The molecule has 1 N–H and O–H groups in total. The first-order chi connectivity index (χ1) is 17.0. The van der Waals surface area contributed by atoms with Crippen LogP contribution in [0.5, 0.6) is 5.75 Å². The predicted octanol–water partition coefficient (Wildman–Crippen LogP) is 4.83. The minimum atomic E-state index is -0.220. The van der Waals surface area contributed by atoms with Crippen LogP contribution in [0.2, 0.25) is 0 Å². The first-order valence-electron chi connectivity index (χ1n) is 12.0. The topological polar surface area (TPSA) is 71.5 Å². The highest BCUT2D eigenvalue weighted by Gasteiger charge is 2.39. The molecular weight excluding hydrogens is 458 g/mol. The van der Waals surface area contributed by atoms with Crippen LogP contribution in [0.3, 0.4) is 0 Å². The number of hydrogen-bond donors (Lipinski definition) is 1. The van der Waals surface area contributed by atoms with Gasteiger partial charge in [0.05, 0.1) is 6.04 Å². The molecule has 1 aliphatic heterocycles. The monoisotopic (exact) mass is 487 g/mol. The van der Waals surface area contributed by atoms with Crippen molar-refractivity contribution < 1.29 is 14.3 Å². The number of fused-ring (bicyclic) bond motifs is 1. The normalized spacial score (nSPS) is 16.9. The predicted molar refractivity (Wildman–Crippen MR) is 137 cm³/mol. The van der Waals surface area contributed by atoms with Gasteiger partial charge in [-0.3, -0.25) is 9.59 Å². The van der Waals surface area contributed by atoms with Crippen LogP contribution in [-0.2, 0) is 17.8 Å². The van der Waals surface area contributed by atoms with Gasteiger partial charge in [0.15, 0.2) is 0 Å². The van der Waals surface area contributed by atoms with Crippen LogP contribution in [0.4, 0.5) is 0 Å². The molecule has 3 aromatic rings. The number of carbonyl (C=O) groups is 2. The minimum absolute atomic E-state index is 0.115. The Bertz CT molecular complexity index is 1260. The smallest absolute Gasteiger partial charge is 0.271 e. The summed E-state index contributed by atoms with van der Waals surface area (Å²) in [6, 6.07) is 14.5. The summed E-state index contributed by atoms with van der Waals surface area (Å²) in [4.78, 5) is 31.8. The quantitative estimate of drug-likeness (QED) is 0.462. The van der Waals surface area contributed by atoms with Crippen molar-refractivity contribution in [2.24, 2.45) is 5.92 Å². The molecule has 0 radical (unpaired) electrons. The molecule has 2 aliphatic rings. The highest BCUT2D eigenvalue weighted by molar-refractivity contribution is 7.09. The number of thiazole rings is 1. The number of nitrogens with zero attached hydrogens (tertiary/aromatic N) is 2. The number of nitrogens with one attached hydrogen (secondary N) is 1. The molecule has 1 fully saturated rings. The zero-order valence-corrected chi connectivity index (χ0v) is 20.6. The summed E-state index contributed by atoms with van der Waals surface area (Å²) in [7, 11) is 0. The molecule has 1 aromatic heterocycles. The molecule has 1 saturated carbocycles. The average molecular weight is 488 g/mol. The summed E-state index contributed by atoms with van der Waals surface area (Å²) in [6.07, 6.45) is 4.46. The van der Waals surface area contributed by atoms with Gasteiger partial charge in [-0.05, 0) is 55.0 Å². The number of ether oxygens (including phenoxy) is 1. The van der Waals surface area contributed by atoms with E-state index >= 15 is 0 Å². The first-order valence-corrected chi connectivity index (χ1v) is 12.9. The zero-order valence-electron chi connectivity index (χ0n) is 19.8. The van der Waals surface area contributed by atoms with Gasteiger partial charge in [-0.15, -0.1) is 17.9 Å². The molecule has 0 saturated heterocycles. The molecule has 1 aliphatic carbocycles. The van der Waals surface area contributed by atoms with Crippen molar-refractivity contribution in [1.29, 1.82) is 0 Å². The molecule has 180 valence electrons. The fraction of sp³-hybridized carbons (Fsp3) is 0.321. The second kappa shape index (κ2) is 10.0. The third-order valence-corrected chi connectivity index (χ3v) is 7.29. The highest BCUT2D eigenvalue weighted by atomic mass is 32.1. The van der Waals surface area contributed by atoms with Crippen molar-refractivity contribution in [1.82, 2.24) is 15.2 Å². The largest absolute Gasteiger partial charge is 0.486 e. The van der Waals surface area contributed by atoms with E-state index in [1.165, 1.54) is 22.5 Å². The molecule has 1 atom stereocenters. The number of benzene rings is 2. The van der Waals surface area contributed by atoms with Crippen LogP contribution in [0.1, 0.15) is 56.6 Å². The van der Waals surface area contributed by atoms with Crippen molar-refractivity contribution >= 4 is 23.2 Å². The van der Waals surface area contributed by atoms with Crippen molar-refractivity contribution in [2.45, 2.75) is 38.8 Å². The van der Waals surface area contributed by atoms with E-state index in [9.17, 15) is 9.59 Å². The molecule has 1 unspecified atom stereocenters. The summed E-state index contributed by atoms with van der Waals surface area (Å²) in [5.41, 5.74) is 5.07. The molecule has 5 rings (SSSR count). The third-order valence-electron chi connectivity index (χ3n) is 6.47. The van der Waals surface area contributed by atoms with E-state index in [0.29, 0.717) is 12.2 Å². The van der Waals surface area contributed by atoms with E-state index in [2.05, 4.69) is 65.1 Å². The van der Waals surface area contributed by atoms with E-state index < -0.39 is 0 Å². The molecule has 7 heteroatoms. The fourth-order valence-corrected chi connectivity index (χ4v) is 5.25. The van der Waals surface area contributed by atoms with Crippen LogP contribution in [0, 0.1) is 12.8 Å². The van der Waals surface area contributed by atoms with Crippen LogP contribution in [-0.4, -0.2) is 34.8 Å². The van der Waals surface area contributed by atoms with Crippen molar-refractivity contribution in [3.05, 3.63) is 93.5 Å². The summed E-state index contributed by atoms with van der Waals surface area (Å²) in [6.45, 7) is 7.10. The standard InChI is InChI=1S/C28H29N3O3S/c1-3-12-29-27(32)24-17-35-25(30-24)16-34-22-10-9-19-11-13-31(28(33)20-7-8-20)26(23(19)15-22)21-6-4-5-18(2)14-21/h3-6,9-10,14-15,17,20,26H,1,7-8,11-13,16H2,2H3,(H,29,32). The number of carbonyl (C=O) groups excluding carboxylic acids is 2. The highest BCUT2D eigenvalue weighted by Crippen LogP contribution is 2.41. The van der Waals surface area contributed by atoms with E-state index in [4.69, 9.17) is 4.74 Å². The van der Waals surface area contributed by atoms with E-state index in [1.807, 2.05) is 6.07 Å². The maximum Gasteiger partial charge on any atom is 0.271 e. The second-order valence-corrected chi connectivity index (χ2v) is 10.1. The Morgan fingerprint density at radius 3 is 2.89 bits per heavy atom. The van der Waals surface area contributed by atoms with Crippen LogP contribution >= 0.6 is 11.3 Å². The Balaban J connectivity index is 1.38. The number of amides is 2. The number of aromatic nitrogens is 1. The summed E-state index contributed by atoms with van der Waals surface area (Å²) in [5.74, 6) is 0.946. The Morgan fingerprint density at radius 2 is 2.11 bits per heavy atom. The third kappa shape index (κ3) is 5.15. The number of aryl methyl sites for hydroxylation is 1. The Morgan fingerprint density at radius 1 is 1.26 bits per heavy atom. The Hall–Kier alpha value is -3.45. The van der Waals surface area contributed by atoms with Gasteiger partial charge in [-0.2, -0.15) is 0 Å². The first kappa shape index (κ1) is 23.3. The molecule has 35 heavy (non-hydrogen) atoms. The van der Waals surface area contributed by atoms with E-state index in [-0.39, 0.29) is 30.4 Å². The molecule has 0 spiro atoms. The van der Waals surface area contributed by atoms with E-state index in [0.717, 1.165) is 47.7 Å². The van der Waals surface area contributed by atoms with Crippen molar-refractivity contribution in [3.63, 3.8) is 0 Å². The molecule has 2 aromatic carbocycles. The van der Waals surface area contributed by atoms with Crippen LogP contribution in [0.15, 0.2) is 60.5 Å². The second-order valence-electron chi connectivity index (χ2n) is 9.15. The van der Waals surface area contributed by atoms with Gasteiger partial charge >= 0.3 is 0 Å². The Kier molecular flexibility index (Phi) is 6.68. The molecule has 2 heterocycles. The lowest BCUT2D eigenvalue weighted by Crippen LogP contribution is -2.41. The summed E-state index contributed by atoms with van der Waals surface area (Å²) in [5, 5.41) is 5.20. The summed E-state index contributed by atoms with van der Waals surface area (Å²) >= 11 is 1.40. The average Bonchev–Trinajstić information content (AvgIpc) is 3.62. The number of hydrogen-bond acceptors (Lipinski definition) is 5. The number of rotatable bonds is 8. The minimum Gasteiger partial charge on any atom is -0.486 e. The van der Waals surface area contributed by atoms with Crippen molar-refractivity contribution in [2.75, 3.05) is 13.1 Å². The molecule has 6 nitrogen and oxygen atoms in total. The van der Waals surface area contributed by atoms with Gasteiger partial charge in [-0.1, -0.05) is 42.0 Å². The lowest BCUT2D eigenvalue weighted by Gasteiger charge is -2.38. The maximum absolute atomic E-state index is 13.2. The summed E-state index contributed by atoms with van der Waals surface area (Å²) < 4.78 is 6.09. The van der Waals surface area contributed by atoms with Crippen LogP contribution < -0.4 is 10.1 Å². The zero-order chi connectivity index (χ0) is 24.4.